The van der Waals surface area contributed by atoms with Crippen LogP contribution in [0, 0.1) is 0 Å². The number of nitrogens with zero attached hydrogens (tertiary/aromatic N) is 2. The molecule has 27 heavy (non-hydrogen) atoms. The van der Waals surface area contributed by atoms with Gasteiger partial charge >= 0.3 is 0 Å². The number of hydrogen-bond donors (Lipinski definition) is 0. The van der Waals surface area contributed by atoms with Gasteiger partial charge in [-0.15, -0.1) is 0 Å². The van der Waals surface area contributed by atoms with Crippen molar-refractivity contribution in [3.05, 3.63) is 29.8 Å². The molecule has 1 amide bonds. The van der Waals surface area contributed by atoms with E-state index in [2.05, 4.69) is 4.90 Å². The van der Waals surface area contributed by atoms with E-state index in [1.165, 1.54) is 25.9 Å². The molecule has 0 spiro atoms. The number of ether oxygens (including phenoxy) is 2. The third kappa shape index (κ3) is 5.25. The number of rotatable bonds is 8. The first-order valence-electron chi connectivity index (χ1n) is 10.3. The summed E-state index contributed by atoms with van der Waals surface area (Å²) in [6.07, 6.45) is 8.39. The molecule has 0 radical (unpaired) electrons. The molecule has 0 aromatic heterocycles. The summed E-state index contributed by atoms with van der Waals surface area (Å²) >= 11 is 0. The molecule has 5 nitrogen and oxygen atoms in total. The SMILES string of the molecule is CCOc1ccc(/C=C/C(=O)N2CCCC2CN2CCCC2)cc1OCC. The highest BCUT2D eigenvalue weighted by Crippen LogP contribution is 2.29. The van der Waals surface area contributed by atoms with Gasteiger partial charge in [-0.25, -0.2) is 0 Å². The second-order valence-corrected chi connectivity index (χ2v) is 7.24. The Morgan fingerprint density at radius 2 is 1.81 bits per heavy atom. The summed E-state index contributed by atoms with van der Waals surface area (Å²) in [5.41, 5.74) is 0.950. The minimum atomic E-state index is 0.114. The Hall–Kier alpha value is -2.01. The Morgan fingerprint density at radius 1 is 1.07 bits per heavy atom. The Bertz CT molecular complexity index is 653. The second kappa shape index (κ2) is 9.79. The van der Waals surface area contributed by atoms with Crippen molar-refractivity contribution < 1.29 is 14.3 Å². The molecule has 2 heterocycles. The standard InChI is InChI=1S/C22H32N2O3/c1-3-26-20-11-9-18(16-21(20)27-4-2)10-12-22(25)24-15-7-8-19(24)17-23-13-5-6-14-23/h9-12,16,19H,3-8,13-15,17H2,1-2H3/b12-10+. The van der Waals surface area contributed by atoms with Gasteiger partial charge in [0.25, 0.3) is 0 Å². The van der Waals surface area contributed by atoms with E-state index >= 15 is 0 Å². The lowest BCUT2D eigenvalue weighted by atomic mass is 10.1. The van der Waals surface area contributed by atoms with Crippen molar-refractivity contribution in [2.24, 2.45) is 0 Å². The summed E-state index contributed by atoms with van der Waals surface area (Å²) in [5.74, 6) is 1.58. The fourth-order valence-electron chi connectivity index (χ4n) is 4.01. The molecule has 1 aromatic carbocycles. The van der Waals surface area contributed by atoms with E-state index in [9.17, 15) is 4.79 Å². The van der Waals surface area contributed by atoms with Gasteiger partial charge in [0, 0.05) is 25.2 Å². The van der Waals surface area contributed by atoms with Crippen LogP contribution in [-0.4, -0.2) is 61.1 Å². The van der Waals surface area contributed by atoms with Crippen LogP contribution in [0.4, 0.5) is 0 Å². The molecule has 2 saturated heterocycles. The first-order chi connectivity index (χ1) is 13.2. The van der Waals surface area contributed by atoms with Gasteiger partial charge in [0.05, 0.1) is 13.2 Å². The van der Waals surface area contributed by atoms with Crippen LogP contribution in [-0.2, 0) is 4.79 Å². The summed E-state index contributed by atoms with van der Waals surface area (Å²) in [6.45, 7) is 9.35. The maximum Gasteiger partial charge on any atom is 0.246 e. The second-order valence-electron chi connectivity index (χ2n) is 7.24. The van der Waals surface area contributed by atoms with Gasteiger partial charge in [0.15, 0.2) is 11.5 Å². The Balaban J connectivity index is 1.63. The lowest BCUT2D eigenvalue weighted by Gasteiger charge is -2.27. The van der Waals surface area contributed by atoms with Gasteiger partial charge in [-0.1, -0.05) is 6.07 Å². The number of carbonyl (C=O) groups excluding carboxylic acids is 1. The molecule has 2 fully saturated rings. The van der Waals surface area contributed by atoms with E-state index < -0.39 is 0 Å². The molecule has 1 aromatic rings. The maximum absolute atomic E-state index is 12.7. The van der Waals surface area contributed by atoms with Crippen molar-refractivity contribution in [2.45, 2.75) is 45.6 Å². The molecular weight excluding hydrogens is 340 g/mol. The average molecular weight is 373 g/mol. The van der Waals surface area contributed by atoms with Crippen molar-refractivity contribution >= 4 is 12.0 Å². The molecule has 0 bridgehead atoms. The zero-order chi connectivity index (χ0) is 19.1. The topological polar surface area (TPSA) is 42.0 Å². The van der Waals surface area contributed by atoms with Crippen molar-refractivity contribution in [2.75, 3.05) is 39.4 Å². The summed E-state index contributed by atoms with van der Waals surface area (Å²) < 4.78 is 11.3. The highest BCUT2D eigenvalue weighted by Gasteiger charge is 2.29. The highest BCUT2D eigenvalue weighted by atomic mass is 16.5. The summed E-state index contributed by atoms with van der Waals surface area (Å²) in [6, 6.07) is 6.16. The Kier molecular flexibility index (Phi) is 7.16. The lowest BCUT2D eigenvalue weighted by molar-refractivity contribution is -0.127. The van der Waals surface area contributed by atoms with Gasteiger partial charge in [-0.3, -0.25) is 4.79 Å². The molecule has 3 rings (SSSR count). The number of carbonyl (C=O) groups is 1. The quantitative estimate of drug-likeness (QED) is 0.654. The average Bonchev–Trinajstić information content (AvgIpc) is 3.34. The van der Waals surface area contributed by atoms with E-state index in [4.69, 9.17) is 9.47 Å². The van der Waals surface area contributed by atoms with Crippen molar-refractivity contribution in [1.82, 2.24) is 9.80 Å². The Labute approximate surface area is 162 Å². The van der Waals surface area contributed by atoms with E-state index in [0.717, 1.165) is 43.0 Å². The van der Waals surface area contributed by atoms with Gasteiger partial charge in [-0.2, -0.15) is 0 Å². The molecule has 0 aliphatic carbocycles. The number of likely N-dealkylation sites (tertiary alicyclic amines) is 2. The number of hydrogen-bond acceptors (Lipinski definition) is 4. The predicted octanol–water partition coefficient (Wildman–Crippen LogP) is 3.58. The van der Waals surface area contributed by atoms with Crippen LogP contribution in [0.3, 0.4) is 0 Å². The van der Waals surface area contributed by atoms with Crippen LogP contribution in [0.5, 0.6) is 11.5 Å². The smallest absolute Gasteiger partial charge is 0.246 e. The molecule has 1 atom stereocenters. The summed E-state index contributed by atoms with van der Waals surface area (Å²) in [7, 11) is 0. The first kappa shape index (κ1) is 19.7. The predicted molar refractivity (Wildman–Crippen MR) is 108 cm³/mol. The Morgan fingerprint density at radius 3 is 2.56 bits per heavy atom. The van der Waals surface area contributed by atoms with Crippen LogP contribution < -0.4 is 9.47 Å². The van der Waals surface area contributed by atoms with Crippen LogP contribution in [0.15, 0.2) is 24.3 Å². The third-order valence-corrected chi connectivity index (χ3v) is 5.31. The fraction of sp³-hybridized carbons (Fsp3) is 0.591. The van der Waals surface area contributed by atoms with Crippen molar-refractivity contribution in [1.29, 1.82) is 0 Å². The van der Waals surface area contributed by atoms with Crippen LogP contribution >= 0.6 is 0 Å². The molecule has 148 valence electrons. The fourth-order valence-corrected chi connectivity index (χ4v) is 4.01. The van der Waals surface area contributed by atoms with Gasteiger partial charge < -0.3 is 19.3 Å². The van der Waals surface area contributed by atoms with Crippen LogP contribution in [0.25, 0.3) is 6.08 Å². The van der Waals surface area contributed by atoms with Gasteiger partial charge in [0.1, 0.15) is 0 Å². The molecule has 0 saturated carbocycles. The maximum atomic E-state index is 12.7. The number of amides is 1. The monoisotopic (exact) mass is 372 g/mol. The minimum Gasteiger partial charge on any atom is -0.490 e. The van der Waals surface area contributed by atoms with Gasteiger partial charge in [-0.05, 0) is 76.4 Å². The minimum absolute atomic E-state index is 0.114. The lowest BCUT2D eigenvalue weighted by Crippen LogP contribution is -2.41. The van der Waals surface area contributed by atoms with E-state index in [0.29, 0.717) is 19.3 Å². The zero-order valence-electron chi connectivity index (χ0n) is 16.7. The van der Waals surface area contributed by atoms with Crippen LogP contribution in [0.1, 0.15) is 45.1 Å². The van der Waals surface area contributed by atoms with Crippen molar-refractivity contribution in [3.63, 3.8) is 0 Å². The normalized spacial score (nSPS) is 20.5. The van der Waals surface area contributed by atoms with E-state index in [1.54, 1.807) is 6.08 Å². The third-order valence-electron chi connectivity index (χ3n) is 5.31. The van der Waals surface area contributed by atoms with E-state index in [-0.39, 0.29) is 5.91 Å². The van der Waals surface area contributed by atoms with Crippen molar-refractivity contribution in [3.8, 4) is 11.5 Å². The zero-order valence-corrected chi connectivity index (χ0v) is 16.7. The highest BCUT2D eigenvalue weighted by molar-refractivity contribution is 5.92. The number of benzene rings is 1. The largest absolute Gasteiger partial charge is 0.490 e. The molecular formula is C22H32N2O3. The molecule has 2 aliphatic rings. The van der Waals surface area contributed by atoms with Gasteiger partial charge in [0.2, 0.25) is 5.91 Å². The first-order valence-corrected chi connectivity index (χ1v) is 10.3. The van der Waals surface area contributed by atoms with E-state index in [1.807, 2.05) is 43.0 Å². The molecule has 2 aliphatic heterocycles. The molecule has 5 heteroatoms. The van der Waals surface area contributed by atoms with Crippen LogP contribution in [0.2, 0.25) is 0 Å². The summed E-state index contributed by atoms with van der Waals surface area (Å²) in [5, 5.41) is 0. The molecule has 1 unspecified atom stereocenters. The summed E-state index contributed by atoms with van der Waals surface area (Å²) in [4.78, 5) is 17.3. The molecule has 0 N–H and O–H groups in total.